The van der Waals surface area contributed by atoms with Crippen molar-refractivity contribution in [2.45, 2.75) is 26.8 Å². The molecule has 1 atom stereocenters. The molecule has 1 aromatic rings. The van der Waals surface area contributed by atoms with Crippen molar-refractivity contribution in [2.75, 3.05) is 45.8 Å². The Bertz CT molecular complexity index is 389. The van der Waals surface area contributed by atoms with E-state index in [-0.39, 0.29) is 0 Å². The van der Waals surface area contributed by atoms with Crippen molar-refractivity contribution in [3.63, 3.8) is 0 Å². The van der Waals surface area contributed by atoms with Crippen molar-refractivity contribution in [1.82, 2.24) is 19.4 Å². The molecule has 0 spiro atoms. The predicted molar refractivity (Wildman–Crippen MR) is 82.7 cm³/mol. The molecule has 1 fully saturated rings. The Hall–Kier alpha value is -0.910. The highest BCUT2D eigenvalue weighted by molar-refractivity contribution is 4.88. The molecule has 1 aliphatic rings. The molecule has 20 heavy (non-hydrogen) atoms. The SMILES string of the molecule is Cc1nccn1CCN1CCCN(CC(C)CN)CC1. The van der Waals surface area contributed by atoms with Crippen molar-refractivity contribution in [3.8, 4) is 0 Å². The van der Waals surface area contributed by atoms with Gasteiger partial charge in [0.1, 0.15) is 5.82 Å². The lowest BCUT2D eigenvalue weighted by Gasteiger charge is -2.24. The molecule has 1 aliphatic heterocycles. The van der Waals surface area contributed by atoms with E-state index >= 15 is 0 Å². The number of aromatic nitrogens is 2. The molecule has 1 aromatic heterocycles. The van der Waals surface area contributed by atoms with E-state index in [2.05, 4.69) is 39.4 Å². The molecule has 0 aliphatic carbocycles. The van der Waals surface area contributed by atoms with Gasteiger partial charge >= 0.3 is 0 Å². The number of imidazole rings is 1. The van der Waals surface area contributed by atoms with E-state index in [1.54, 1.807) is 0 Å². The molecule has 0 aromatic carbocycles. The van der Waals surface area contributed by atoms with Crippen molar-refractivity contribution in [3.05, 3.63) is 18.2 Å². The topological polar surface area (TPSA) is 50.3 Å². The monoisotopic (exact) mass is 279 g/mol. The minimum Gasteiger partial charge on any atom is -0.334 e. The molecule has 0 radical (unpaired) electrons. The van der Waals surface area contributed by atoms with Gasteiger partial charge < -0.3 is 20.1 Å². The van der Waals surface area contributed by atoms with Gasteiger partial charge in [0.05, 0.1) is 0 Å². The second kappa shape index (κ2) is 7.76. The summed E-state index contributed by atoms with van der Waals surface area (Å²) in [6.45, 7) is 13.2. The largest absolute Gasteiger partial charge is 0.334 e. The fourth-order valence-corrected chi connectivity index (χ4v) is 2.84. The average Bonchev–Trinajstić information content (AvgIpc) is 2.72. The highest BCUT2D eigenvalue weighted by Crippen LogP contribution is 2.06. The van der Waals surface area contributed by atoms with E-state index in [0.717, 1.165) is 32.0 Å². The van der Waals surface area contributed by atoms with Crippen molar-refractivity contribution in [2.24, 2.45) is 11.7 Å². The summed E-state index contributed by atoms with van der Waals surface area (Å²) in [5.74, 6) is 1.72. The number of hydrogen-bond acceptors (Lipinski definition) is 4. The Kier molecular flexibility index (Phi) is 6.01. The first kappa shape index (κ1) is 15.5. The third kappa shape index (κ3) is 4.58. The first-order chi connectivity index (χ1) is 9.69. The second-order valence-corrected chi connectivity index (χ2v) is 6.00. The molecule has 2 heterocycles. The van der Waals surface area contributed by atoms with Gasteiger partial charge in [-0.25, -0.2) is 4.98 Å². The number of nitrogens with zero attached hydrogens (tertiary/aromatic N) is 4. The summed E-state index contributed by atoms with van der Waals surface area (Å²) in [5.41, 5.74) is 5.73. The summed E-state index contributed by atoms with van der Waals surface area (Å²) < 4.78 is 2.24. The molecule has 5 heteroatoms. The van der Waals surface area contributed by atoms with Gasteiger partial charge in [0, 0.05) is 45.1 Å². The molecule has 1 saturated heterocycles. The van der Waals surface area contributed by atoms with E-state index in [0.29, 0.717) is 5.92 Å². The van der Waals surface area contributed by atoms with Crippen LogP contribution in [0.25, 0.3) is 0 Å². The quantitative estimate of drug-likeness (QED) is 0.836. The van der Waals surface area contributed by atoms with Crippen LogP contribution >= 0.6 is 0 Å². The van der Waals surface area contributed by atoms with E-state index in [1.807, 2.05) is 6.20 Å². The Balaban J connectivity index is 1.74. The van der Waals surface area contributed by atoms with Crippen molar-refractivity contribution >= 4 is 0 Å². The van der Waals surface area contributed by atoms with Gasteiger partial charge in [0.25, 0.3) is 0 Å². The number of rotatable bonds is 6. The molecule has 5 nitrogen and oxygen atoms in total. The van der Waals surface area contributed by atoms with Crippen LogP contribution in [0.1, 0.15) is 19.2 Å². The van der Waals surface area contributed by atoms with Crippen LogP contribution in [0, 0.1) is 12.8 Å². The average molecular weight is 279 g/mol. The van der Waals surface area contributed by atoms with Gasteiger partial charge in [-0.3, -0.25) is 0 Å². The minimum absolute atomic E-state index is 0.607. The van der Waals surface area contributed by atoms with E-state index < -0.39 is 0 Å². The van der Waals surface area contributed by atoms with Crippen molar-refractivity contribution in [1.29, 1.82) is 0 Å². The van der Waals surface area contributed by atoms with E-state index in [1.165, 1.54) is 32.6 Å². The zero-order valence-corrected chi connectivity index (χ0v) is 13.0. The van der Waals surface area contributed by atoms with Gasteiger partial charge in [-0.1, -0.05) is 6.92 Å². The summed E-state index contributed by atoms with van der Waals surface area (Å²) in [4.78, 5) is 9.42. The number of aryl methyl sites for hydroxylation is 1. The molecule has 114 valence electrons. The minimum atomic E-state index is 0.607. The zero-order valence-electron chi connectivity index (χ0n) is 13.0. The standard InChI is InChI=1S/C15H29N5/c1-14(12-16)13-19-6-3-5-18(8-9-19)10-11-20-7-4-17-15(20)2/h4,7,14H,3,5-6,8-13,16H2,1-2H3. The lowest BCUT2D eigenvalue weighted by molar-refractivity contribution is 0.231. The summed E-state index contributed by atoms with van der Waals surface area (Å²) in [6.07, 6.45) is 5.22. The predicted octanol–water partition coefficient (Wildman–Crippen LogP) is 0.794. The Labute approximate surface area is 122 Å². The highest BCUT2D eigenvalue weighted by atomic mass is 15.2. The maximum absolute atomic E-state index is 5.73. The maximum Gasteiger partial charge on any atom is 0.105 e. The van der Waals surface area contributed by atoms with Crippen LogP contribution in [0.15, 0.2) is 12.4 Å². The van der Waals surface area contributed by atoms with E-state index in [9.17, 15) is 0 Å². The molecular weight excluding hydrogens is 250 g/mol. The van der Waals surface area contributed by atoms with Crippen LogP contribution in [0.3, 0.4) is 0 Å². The summed E-state index contributed by atoms with van der Waals surface area (Å²) in [6, 6.07) is 0. The van der Waals surface area contributed by atoms with Crippen LogP contribution in [0.4, 0.5) is 0 Å². The van der Waals surface area contributed by atoms with Gasteiger partial charge in [0.15, 0.2) is 0 Å². The molecule has 2 N–H and O–H groups in total. The lowest BCUT2D eigenvalue weighted by atomic mass is 10.1. The van der Waals surface area contributed by atoms with Gasteiger partial charge in [0.2, 0.25) is 0 Å². The first-order valence-corrected chi connectivity index (χ1v) is 7.81. The smallest absolute Gasteiger partial charge is 0.105 e. The van der Waals surface area contributed by atoms with Gasteiger partial charge in [-0.15, -0.1) is 0 Å². The normalized spacial score (nSPS) is 19.9. The van der Waals surface area contributed by atoms with Crippen LogP contribution < -0.4 is 5.73 Å². The molecule has 0 saturated carbocycles. The first-order valence-electron chi connectivity index (χ1n) is 7.81. The van der Waals surface area contributed by atoms with Crippen LogP contribution in [-0.2, 0) is 6.54 Å². The third-order valence-corrected chi connectivity index (χ3v) is 4.23. The number of hydrogen-bond donors (Lipinski definition) is 1. The Morgan fingerprint density at radius 3 is 2.65 bits per heavy atom. The van der Waals surface area contributed by atoms with Crippen molar-refractivity contribution < 1.29 is 0 Å². The summed E-state index contributed by atoms with van der Waals surface area (Å²) >= 11 is 0. The summed E-state index contributed by atoms with van der Waals surface area (Å²) in [5, 5.41) is 0. The molecule has 0 bridgehead atoms. The Morgan fingerprint density at radius 1 is 1.20 bits per heavy atom. The highest BCUT2D eigenvalue weighted by Gasteiger charge is 2.16. The summed E-state index contributed by atoms with van der Waals surface area (Å²) in [7, 11) is 0. The fraction of sp³-hybridized carbons (Fsp3) is 0.800. The third-order valence-electron chi connectivity index (χ3n) is 4.23. The van der Waals surface area contributed by atoms with Gasteiger partial charge in [-0.2, -0.15) is 0 Å². The molecular formula is C15H29N5. The molecule has 0 amide bonds. The van der Waals surface area contributed by atoms with E-state index in [4.69, 9.17) is 5.73 Å². The number of nitrogens with two attached hydrogens (primary N) is 1. The van der Waals surface area contributed by atoms with Crippen LogP contribution in [0.5, 0.6) is 0 Å². The zero-order chi connectivity index (χ0) is 14.4. The second-order valence-electron chi connectivity index (χ2n) is 6.00. The van der Waals surface area contributed by atoms with Crippen LogP contribution in [-0.4, -0.2) is 65.2 Å². The van der Waals surface area contributed by atoms with Gasteiger partial charge in [-0.05, 0) is 38.9 Å². The molecule has 2 rings (SSSR count). The lowest BCUT2D eigenvalue weighted by Crippen LogP contribution is -2.36. The van der Waals surface area contributed by atoms with Crippen LogP contribution in [0.2, 0.25) is 0 Å². The molecule has 1 unspecified atom stereocenters. The maximum atomic E-state index is 5.73. The fourth-order valence-electron chi connectivity index (χ4n) is 2.84. The Morgan fingerprint density at radius 2 is 1.95 bits per heavy atom.